The van der Waals surface area contributed by atoms with Crippen LogP contribution in [0.15, 0.2) is 48.7 Å². The number of benzene rings is 2. The summed E-state index contributed by atoms with van der Waals surface area (Å²) < 4.78 is 14.0. The fraction of sp³-hybridized carbons (Fsp3) is 0.238. The van der Waals surface area contributed by atoms with Crippen LogP contribution in [0.5, 0.6) is 0 Å². The minimum Gasteiger partial charge on any atom is -0.354 e. The van der Waals surface area contributed by atoms with Crippen molar-refractivity contribution >= 4 is 39.9 Å². The molecule has 4 nitrogen and oxygen atoms in total. The molecule has 4 rings (SSSR count). The second kappa shape index (κ2) is 7.56. The number of carbonyl (C=O) groups is 1. The van der Waals surface area contributed by atoms with E-state index in [0.29, 0.717) is 35.2 Å². The molecule has 1 amide bonds. The zero-order valence-electron chi connectivity index (χ0n) is 15.0. The highest BCUT2D eigenvalue weighted by molar-refractivity contribution is 7.99. The lowest BCUT2D eigenvalue weighted by Crippen LogP contribution is -2.38. The minimum atomic E-state index is -0.351. The van der Waals surface area contributed by atoms with Gasteiger partial charge in [-0.1, -0.05) is 18.2 Å². The molecule has 1 aromatic heterocycles. The zero-order chi connectivity index (χ0) is 18.8. The van der Waals surface area contributed by atoms with Crippen molar-refractivity contribution in [3.05, 3.63) is 65.6 Å². The summed E-state index contributed by atoms with van der Waals surface area (Å²) in [6, 6.07) is 12.3. The van der Waals surface area contributed by atoms with Crippen LogP contribution >= 0.6 is 11.8 Å². The number of hydrogen-bond donors (Lipinski definition) is 1. The highest BCUT2D eigenvalue weighted by Gasteiger charge is 2.23. The van der Waals surface area contributed by atoms with Gasteiger partial charge in [0.25, 0.3) is 5.91 Å². The molecule has 0 saturated carbocycles. The molecule has 1 fully saturated rings. The van der Waals surface area contributed by atoms with E-state index in [-0.39, 0.29) is 11.7 Å². The van der Waals surface area contributed by atoms with Crippen LogP contribution in [0.3, 0.4) is 0 Å². The Kier molecular flexibility index (Phi) is 4.99. The average Bonchev–Trinajstić information content (AvgIpc) is 2.70. The van der Waals surface area contributed by atoms with Crippen LogP contribution in [-0.4, -0.2) is 40.4 Å². The number of thioether (sulfide) groups is 1. The molecule has 138 valence electrons. The van der Waals surface area contributed by atoms with Gasteiger partial charge in [0.1, 0.15) is 5.82 Å². The maximum Gasteiger partial charge on any atom is 0.257 e. The van der Waals surface area contributed by atoms with Crippen LogP contribution in [0.25, 0.3) is 10.9 Å². The number of nitrogens with one attached hydrogen (secondary N) is 1. The molecule has 2 heterocycles. The number of aromatic nitrogens is 1. The van der Waals surface area contributed by atoms with Crippen molar-refractivity contribution in [3.8, 4) is 0 Å². The largest absolute Gasteiger partial charge is 0.354 e. The fourth-order valence-corrected chi connectivity index (χ4v) is 4.15. The van der Waals surface area contributed by atoms with Crippen molar-refractivity contribution in [1.82, 2.24) is 9.88 Å². The lowest BCUT2D eigenvalue weighted by molar-refractivity contribution is 0.0773. The maximum absolute atomic E-state index is 14.0. The monoisotopic (exact) mass is 381 g/mol. The van der Waals surface area contributed by atoms with Crippen LogP contribution < -0.4 is 5.32 Å². The van der Waals surface area contributed by atoms with Crippen molar-refractivity contribution in [2.75, 3.05) is 29.9 Å². The number of rotatable bonds is 3. The Morgan fingerprint density at radius 3 is 2.74 bits per heavy atom. The zero-order valence-corrected chi connectivity index (χ0v) is 15.9. The Morgan fingerprint density at radius 1 is 1.19 bits per heavy atom. The van der Waals surface area contributed by atoms with Gasteiger partial charge in [-0.25, -0.2) is 4.39 Å². The molecule has 27 heavy (non-hydrogen) atoms. The van der Waals surface area contributed by atoms with Gasteiger partial charge in [0.05, 0.1) is 16.8 Å². The summed E-state index contributed by atoms with van der Waals surface area (Å²) in [4.78, 5) is 19.4. The third-order valence-corrected chi connectivity index (χ3v) is 5.71. The van der Waals surface area contributed by atoms with Crippen molar-refractivity contribution in [2.45, 2.75) is 6.92 Å². The van der Waals surface area contributed by atoms with E-state index in [1.54, 1.807) is 12.3 Å². The highest BCUT2D eigenvalue weighted by Crippen LogP contribution is 2.32. The molecular formula is C21H20FN3OS. The molecule has 1 saturated heterocycles. The van der Waals surface area contributed by atoms with Gasteiger partial charge in [0.15, 0.2) is 0 Å². The smallest absolute Gasteiger partial charge is 0.257 e. The quantitative estimate of drug-likeness (QED) is 0.719. The van der Waals surface area contributed by atoms with E-state index in [1.807, 2.05) is 47.9 Å². The number of halogens is 1. The summed E-state index contributed by atoms with van der Waals surface area (Å²) in [5, 5.41) is 3.98. The van der Waals surface area contributed by atoms with E-state index in [4.69, 9.17) is 0 Å². The van der Waals surface area contributed by atoms with E-state index in [1.165, 1.54) is 12.1 Å². The van der Waals surface area contributed by atoms with E-state index >= 15 is 0 Å². The van der Waals surface area contributed by atoms with Crippen LogP contribution in [0, 0.1) is 12.7 Å². The Morgan fingerprint density at radius 2 is 1.96 bits per heavy atom. The van der Waals surface area contributed by atoms with E-state index in [9.17, 15) is 9.18 Å². The van der Waals surface area contributed by atoms with Gasteiger partial charge in [-0.05, 0) is 36.8 Å². The summed E-state index contributed by atoms with van der Waals surface area (Å²) in [5.74, 6) is 1.45. The van der Waals surface area contributed by atoms with Gasteiger partial charge >= 0.3 is 0 Å². The molecule has 0 radical (unpaired) electrons. The molecule has 2 aromatic carbocycles. The first-order chi connectivity index (χ1) is 13.1. The number of para-hydroxylation sites is 1. The van der Waals surface area contributed by atoms with Gasteiger partial charge in [-0.3, -0.25) is 9.78 Å². The van der Waals surface area contributed by atoms with Gasteiger partial charge in [-0.15, -0.1) is 0 Å². The maximum atomic E-state index is 14.0. The molecule has 1 N–H and O–H groups in total. The molecule has 1 aliphatic heterocycles. The molecule has 0 atom stereocenters. The number of aryl methyl sites for hydroxylation is 1. The van der Waals surface area contributed by atoms with Crippen LogP contribution in [0.1, 0.15) is 15.9 Å². The number of fused-ring (bicyclic) bond motifs is 1. The average molecular weight is 381 g/mol. The number of amides is 1. The Hall–Kier alpha value is -2.60. The number of carbonyl (C=O) groups excluding carboxylic acids is 1. The number of anilines is 2. The predicted molar refractivity (Wildman–Crippen MR) is 109 cm³/mol. The van der Waals surface area contributed by atoms with Gasteiger partial charge in [0.2, 0.25) is 0 Å². The third-order valence-electron chi connectivity index (χ3n) is 4.76. The number of hydrogen-bond acceptors (Lipinski definition) is 4. The Balaban J connectivity index is 1.85. The number of pyridine rings is 1. The normalized spacial score (nSPS) is 14.4. The molecule has 0 spiro atoms. The predicted octanol–water partition coefficient (Wildman–Crippen LogP) is 4.61. The van der Waals surface area contributed by atoms with Crippen molar-refractivity contribution in [1.29, 1.82) is 0 Å². The lowest BCUT2D eigenvalue weighted by atomic mass is 10.1. The molecule has 1 aliphatic rings. The first-order valence-corrected chi connectivity index (χ1v) is 10.1. The molecule has 0 bridgehead atoms. The SMILES string of the molecule is Cc1ccccc1Nc1c(C(=O)N2CCSCC2)cnc2ccc(F)cc12. The minimum absolute atomic E-state index is 0.0648. The molecule has 0 unspecified atom stereocenters. The van der Waals surface area contributed by atoms with Gasteiger partial charge in [-0.2, -0.15) is 11.8 Å². The van der Waals surface area contributed by atoms with Crippen LogP contribution in [-0.2, 0) is 0 Å². The molecule has 6 heteroatoms. The Labute approximate surface area is 161 Å². The fourth-order valence-electron chi connectivity index (χ4n) is 3.25. The third kappa shape index (κ3) is 3.62. The van der Waals surface area contributed by atoms with Crippen molar-refractivity contribution in [3.63, 3.8) is 0 Å². The topological polar surface area (TPSA) is 45.2 Å². The Bertz CT molecular complexity index is 1000. The first-order valence-electron chi connectivity index (χ1n) is 8.91. The summed E-state index contributed by atoms with van der Waals surface area (Å²) in [6.07, 6.45) is 1.60. The van der Waals surface area contributed by atoms with Crippen LogP contribution in [0.2, 0.25) is 0 Å². The van der Waals surface area contributed by atoms with E-state index in [0.717, 1.165) is 22.8 Å². The summed E-state index contributed by atoms with van der Waals surface area (Å²) >= 11 is 1.85. The van der Waals surface area contributed by atoms with E-state index in [2.05, 4.69) is 10.3 Å². The van der Waals surface area contributed by atoms with Crippen molar-refractivity contribution < 1.29 is 9.18 Å². The van der Waals surface area contributed by atoms with Gasteiger partial charge in [0, 0.05) is 41.9 Å². The number of nitrogens with zero attached hydrogens (tertiary/aromatic N) is 2. The second-order valence-electron chi connectivity index (χ2n) is 6.55. The molecule has 3 aromatic rings. The van der Waals surface area contributed by atoms with Crippen molar-refractivity contribution in [2.24, 2.45) is 0 Å². The summed E-state index contributed by atoms with van der Waals surface area (Å²) in [7, 11) is 0. The lowest BCUT2D eigenvalue weighted by Gasteiger charge is -2.27. The molecular weight excluding hydrogens is 361 g/mol. The summed E-state index contributed by atoms with van der Waals surface area (Å²) in [6.45, 7) is 3.43. The summed E-state index contributed by atoms with van der Waals surface area (Å²) in [5.41, 5.74) is 3.67. The molecule has 0 aliphatic carbocycles. The standard InChI is InChI=1S/C21H20FN3OS/c1-14-4-2-3-5-18(14)24-20-16-12-15(22)6-7-19(16)23-13-17(20)21(26)25-8-10-27-11-9-25/h2-7,12-13H,8-11H2,1H3,(H,23,24). The van der Waals surface area contributed by atoms with E-state index < -0.39 is 0 Å². The second-order valence-corrected chi connectivity index (χ2v) is 7.78. The highest BCUT2D eigenvalue weighted by atomic mass is 32.2. The van der Waals surface area contributed by atoms with Gasteiger partial charge < -0.3 is 10.2 Å². The van der Waals surface area contributed by atoms with Crippen LogP contribution in [0.4, 0.5) is 15.8 Å². The first kappa shape index (κ1) is 17.8.